The molecule has 26 heavy (non-hydrogen) atoms. The summed E-state index contributed by atoms with van der Waals surface area (Å²) in [6, 6.07) is 10.2. The second-order valence-corrected chi connectivity index (χ2v) is 7.44. The summed E-state index contributed by atoms with van der Waals surface area (Å²) in [5.74, 6) is 0.217. The van der Waals surface area contributed by atoms with Gasteiger partial charge in [0.25, 0.3) is 0 Å². The fraction of sp³-hybridized carbons (Fsp3) is 0.619. The van der Waals surface area contributed by atoms with E-state index < -0.39 is 0 Å². The third-order valence-electron chi connectivity index (χ3n) is 5.50. The molecule has 0 atom stereocenters. The minimum atomic E-state index is 0.0801. The smallest absolute Gasteiger partial charge is 0.242 e. The Morgan fingerprint density at radius 1 is 0.923 bits per heavy atom. The molecule has 2 saturated heterocycles. The van der Waals surface area contributed by atoms with Gasteiger partial charge in [-0.3, -0.25) is 9.59 Å². The molecule has 0 aliphatic carbocycles. The monoisotopic (exact) mass is 357 g/mol. The molecule has 3 rings (SSSR count). The van der Waals surface area contributed by atoms with E-state index in [2.05, 4.69) is 17.0 Å². The molecule has 0 spiro atoms. The molecule has 0 unspecified atom stereocenters. The van der Waals surface area contributed by atoms with Crippen molar-refractivity contribution in [1.82, 2.24) is 14.7 Å². The molecular weight excluding hydrogens is 326 g/mol. The van der Waals surface area contributed by atoms with Crippen LogP contribution in [0.4, 0.5) is 0 Å². The molecule has 2 amide bonds. The molecule has 2 aliphatic rings. The maximum Gasteiger partial charge on any atom is 0.242 e. The Kier molecular flexibility index (Phi) is 7.06. The Hall–Kier alpha value is -1.88. The van der Waals surface area contributed by atoms with E-state index in [0.29, 0.717) is 19.5 Å². The van der Waals surface area contributed by atoms with Gasteiger partial charge in [-0.2, -0.15) is 0 Å². The average molecular weight is 357 g/mol. The van der Waals surface area contributed by atoms with Crippen LogP contribution < -0.4 is 0 Å². The lowest BCUT2D eigenvalue weighted by molar-refractivity contribution is -0.145. The molecule has 1 aromatic carbocycles. The number of likely N-dealkylation sites (tertiary alicyclic amines) is 1. The molecule has 2 heterocycles. The number of carbonyl (C=O) groups excluding carboxylic acids is 2. The Morgan fingerprint density at radius 2 is 1.69 bits per heavy atom. The Bertz CT molecular complexity index is 584. The van der Waals surface area contributed by atoms with Gasteiger partial charge in [0.2, 0.25) is 11.8 Å². The number of hydrogen-bond acceptors (Lipinski definition) is 3. The van der Waals surface area contributed by atoms with Gasteiger partial charge in [-0.05, 0) is 50.9 Å². The van der Waals surface area contributed by atoms with E-state index in [4.69, 9.17) is 0 Å². The second kappa shape index (κ2) is 9.72. The third kappa shape index (κ3) is 5.56. The second-order valence-electron chi connectivity index (χ2n) is 7.44. The zero-order valence-electron chi connectivity index (χ0n) is 15.7. The molecule has 0 aromatic heterocycles. The first kappa shape index (κ1) is 18.9. The molecular formula is C21H31N3O2. The average Bonchev–Trinajstić information content (AvgIpc) is 2.68. The minimum Gasteiger partial charge on any atom is -0.339 e. The van der Waals surface area contributed by atoms with Crippen molar-refractivity contribution in [3.05, 3.63) is 35.9 Å². The van der Waals surface area contributed by atoms with E-state index in [0.717, 1.165) is 25.9 Å². The lowest BCUT2D eigenvalue weighted by Crippen LogP contribution is -2.52. The SMILES string of the molecule is O=C1CN(C(=O)CCCN2CCCCC2)CCN1CCc1ccccc1. The highest BCUT2D eigenvalue weighted by Gasteiger charge is 2.26. The zero-order chi connectivity index (χ0) is 18.2. The normalized spacial score (nSPS) is 19.0. The maximum absolute atomic E-state index is 12.4. The number of nitrogens with zero attached hydrogens (tertiary/aromatic N) is 3. The van der Waals surface area contributed by atoms with Gasteiger partial charge in [0, 0.05) is 26.1 Å². The quantitative estimate of drug-likeness (QED) is 0.751. The largest absolute Gasteiger partial charge is 0.339 e. The summed E-state index contributed by atoms with van der Waals surface area (Å²) in [7, 11) is 0. The summed E-state index contributed by atoms with van der Waals surface area (Å²) >= 11 is 0. The number of rotatable bonds is 7. The summed E-state index contributed by atoms with van der Waals surface area (Å²) < 4.78 is 0. The predicted octanol–water partition coefficient (Wildman–Crippen LogP) is 2.17. The lowest BCUT2D eigenvalue weighted by atomic mass is 10.1. The summed E-state index contributed by atoms with van der Waals surface area (Å²) in [4.78, 5) is 30.9. The van der Waals surface area contributed by atoms with Crippen LogP contribution in [0.2, 0.25) is 0 Å². The number of carbonyl (C=O) groups is 2. The van der Waals surface area contributed by atoms with Gasteiger partial charge in [-0.1, -0.05) is 36.8 Å². The zero-order valence-corrected chi connectivity index (χ0v) is 15.7. The van der Waals surface area contributed by atoms with Crippen LogP contribution in [0.5, 0.6) is 0 Å². The van der Waals surface area contributed by atoms with Crippen molar-refractivity contribution in [1.29, 1.82) is 0 Å². The first-order valence-electron chi connectivity index (χ1n) is 10.0. The number of benzene rings is 1. The van der Waals surface area contributed by atoms with Crippen molar-refractivity contribution >= 4 is 11.8 Å². The molecule has 142 valence electrons. The van der Waals surface area contributed by atoms with Crippen LogP contribution in [0.3, 0.4) is 0 Å². The maximum atomic E-state index is 12.4. The van der Waals surface area contributed by atoms with E-state index in [1.54, 1.807) is 4.90 Å². The Labute approximate surface area is 156 Å². The van der Waals surface area contributed by atoms with Crippen molar-refractivity contribution in [3.8, 4) is 0 Å². The molecule has 0 N–H and O–H groups in total. The molecule has 0 saturated carbocycles. The number of hydrogen-bond donors (Lipinski definition) is 0. The topological polar surface area (TPSA) is 43.9 Å². The Morgan fingerprint density at radius 3 is 2.42 bits per heavy atom. The molecule has 0 radical (unpaired) electrons. The number of amides is 2. The van der Waals surface area contributed by atoms with Crippen LogP contribution >= 0.6 is 0 Å². The van der Waals surface area contributed by atoms with E-state index in [-0.39, 0.29) is 18.4 Å². The highest BCUT2D eigenvalue weighted by molar-refractivity contribution is 5.86. The molecule has 2 fully saturated rings. The van der Waals surface area contributed by atoms with Crippen LogP contribution in [-0.2, 0) is 16.0 Å². The fourth-order valence-corrected chi connectivity index (χ4v) is 3.86. The minimum absolute atomic E-state index is 0.0801. The van der Waals surface area contributed by atoms with E-state index in [1.165, 1.54) is 37.9 Å². The van der Waals surface area contributed by atoms with Crippen LogP contribution in [0.25, 0.3) is 0 Å². The summed E-state index contributed by atoms with van der Waals surface area (Å²) in [5.41, 5.74) is 1.25. The van der Waals surface area contributed by atoms with Crippen molar-refractivity contribution < 1.29 is 9.59 Å². The Balaban J connectivity index is 1.35. The van der Waals surface area contributed by atoms with Crippen molar-refractivity contribution in [2.24, 2.45) is 0 Å². The summed E-state index contributed by atoms with van der Waals surface area (Å²) in [5, 5.41) is 0. The van der Waals surface area contributed by atoms with Crippen molar-refractivity contribution in [2.75, 3.05) is 45.8 Å². The van der Waals surface area contributed by atoms with Crippen molar-refractivity contribution in [2.45, 2.75) is 38.5 Å². The number of piperazine rings is 1. The lowest BCUT2D eigenvalue weighted by Gasteiger charge is -2.34. The summed E-state index contributed by atoms with van der Waals surface area (Å²) in [6.45, 7) is 5.67. The first-order chi connectivity index (χ1) is 12.7. The van der Waals surface area contributed by atoms with Crippen molar-refractivity contribution in [3.63, 3.8) is 0 Å². The van der Waals surface area contributed by atoms with Gasteiger partial charge in [-0.15, -0.1) is 0 Å². The van der Waals surface area contributed by atoms with Gasteiger partial charge in [0.1, 0.15) is 0 Å². The molecule has 5 heteroatoms. The van der Waals surface area contributed by atoms with E-state index >= 15 is 0 Å². The predicted molar refractivity (Wildman–Crippen MR) is 103 cm³/mol. The van der Waals surface area contributed by atoms with Crippen LogP contribution in [0.15, 0.2) is 30.3 Å². The van der Waals surface area contributed by atoms with E-state index in [9.17, 15) is 9.59 Å². The molecule has 0 bridgehead atoms. The molecule has 5 nitrogen and oxygen atoms in total. The van der Waals surface area contributed by atoms with Gasteiger partial charge in [0.05, 0.1) is 6.54 Å². The van der Waals surface area contributed by atoms with Crippen LogP contribution in [-0.4, -0.2) is 72.3 Å². The van der Waals surface area contributed by atoms with Gasteiger partial charge in [-0.25, -0.2) is 0 Å². The fourth-order valence-electron chi connectivity index (χ4n) is 3.86. The van der Waals surface area contributed by atoms with E-state index in [1.807, 2.05) is 23.1 Å². The van der Waals surface area contributed by atoms with Gasteiger partial charge < -0.3 is 14.7 Å². The highest BCUT2D eigenvalue weighted by atomic mass is 16.2. The standard InChI is InChI=1S/C21H31N3O2/c25-20(10-7-14-22-12-5-2-6-13-22)24-17-16-23(21(26)18-24)15-11-19-8-3-1-4-9-19/h1,3-4,8-9H,2,5-7,10-18H2. The first-order valence-corrected chi connectivity index (χ1v) is 10.0. The number of piperidine rings is 1. The third-order valence-corrected chi connectivity index (χ3v) is 5.50. The van der Waals surface area contributed by atoms with Gasteiger partial charge >= 0.3 is 0 Å². The highest BCUT2D eigenvalue weighted by Crippen LogP contribution is 2.11. The van der Waals surface area contributed by atoms with Gasteiger partial charge in [0.15, 0.2) is 0 Å². The van der Waals surface area contributed by atoms with Crippen LogP contribution in [0, 0.1) is 0 Å². The molecule has 1 aromatic rings. The van der Waals surface area contributed by atoms with Crippen LogP contribution in [0.1, 0.15) is 37.7 Å². The summed E-state index contributed by atoms with van der Waals surface area (Å²) in [6.07, 6.45) is 6.25. The molecule has 2 aliphatic heterocycles.